The molecule has 0 bridgehead atoms. The summed E-state index contributed by atoms with van der Waals surface area (Å²) in [7, 11) is 0. The second kappa shape index (κ2) is 11.4. The zero-order chi connectivity index (χ0) is 28.3. The highest BCUT2D eigenvalue weighted by Crippen LogP contribution is 2.42. The lowest BCUT2D eigenvalue weighted by Gasteiger charge is -2.26. The van der Waals surface area contributed by atoms with Gasteiger partial charge >= 0.3 is 0 Å². The van der Waals surface area contributed by atoms with E-state index in [1.165, 1.54) is 16.7 Å². The van der Waals surface area contributed by atoms with Crippen LogP contribution in [0.2, 0.25) is 0 Å². The van der Waals surface area contributed by atoms with E-state index in [1.54, 1.807) is 11.9 Å². The molecule has 1 unspecified atom stereocenters. The fourth-order valence-electron chi connectivity index (χ4n) is 5.35. The average Bonchev–Trinajstić information content (AvgIpc) is 3.24. The lowest BCUT2D eigenvalue weighted by atomic mass is 9.97. The lowest BCUT2D eigenvalue weighted by Crippen LogP contribution is -2.31. The van der Waals surface area contributed by atoms with Crippen molar-refractivity contribution in [2.24, 2.45) is 4.99 Å². The average molecular weight is 560 g/mol. The molecular weight excluding hydrogens is 531 g/mol. The topological polar surface area (TPSA) is 27.6 Å². The van der Waals surface area contributed by atoms with Crippen LogP contribution in [0.1, 0.15) is 28.3 Å². The molecule has 2 heterocycles. The first-order valence-corrected chi connectivity index (χ1v) is 14.9. The van der Waals surface area contributed by atoms with Gasteiger partial charge in [0.15, 0.2) is 0 Å². The molecule has 5 aromatic carbocycles. The molecule has 0 amide bonds. The first kappa shape index (κ1) is 25.9. The van der Waals surface area contributed by atoms with Crippen molar-refractivity contribution in [3.8, 4) is 11.1 Å². The molecule has 0 saturated heterocycles. The van der Waals surface area contributed by atoms with Crippen molar-refractivity contribution < 1.29 is 0 Å². The van der Waals surface area contributed by atoms with E-state index >= 15 is 0 Å². The summed E-state index contributed by atoms with van der Waals surface area (Å²) in [5.41, 5.74) is 11.0. The molecule has 7 rings (SSSR count). The van der Waals surface area contributed by atoms with E-state index in [0.717, 1.165) is 45.2 Å². The molecule has 0 saturated carbocycles. The largest absolute Gasteiger partial charge is 0.359 e. The van der Waals surface area contributed by atoms with Crippen molar-refractivity contribution in [2.45, 2.75) is 6.04 Å². The summed E-state index contributed by atoms with van der Waals surface area (Å²) in [6.07, 6.45) is 4.30. The summed E-state index contributed by atoms with van der Waals surface area (Å²) in [6.45, 7) is 4.36. The van der Waals surface area contributed by atoms with E-state index in [2.05, 4.69) is 149 Å². The summed E-state index contributed by atoms with van der Waals surface area (Å²) in [5, 5.41) is 5.77. The van der Waals surface area contributed by atoms with Crippen LogP contribution in [0.3, 0.4) is 0 Å². The molecule has 0 aliphatic carbocycles. The number of allylic oxidation sites excluding steroid dienone is 2. The monoisotopic (exact) mass is 559 g/mol. The number of nitrogens with zero attached hydrogens (tertiary/aromatic N) is 2. The predicted octanol–water partition coefficient (Wildman–Crippen LogP) is 9.81. The molecule has 202 valence electrons. The van der Waals surface area contributed by atoms with Crippen molar-refractivity contribution in [2.75, 3.05) is 4.31 Å². The van der Waals surface area contributed by atoms with Crippen molar-refractivity contribution in [1.29, 1.82) is 0 Å². The molecule has 1 N–H and O–H groups in total. The van der Waals surface area contributed by atoms with Gasteiger partial charge in [-0.3, -0.25) is 4.31 Å². The Bertz CT molecular complexity index is 1820. The number of fused-ring (bicyclic) bond motifs is 1. The summed E-state index contributed by atoms with van der Waals surface area (Å²) < 4.78 is 2.26. The zero-order valence-electron chi connectivity index (χ0n) is 23.0. The maximum absolute atomic E-state index is 5.06. The van der Waals surface area contributed by atoms with Crippen LogP contribution >= 0.6 is 11.9 Å². The van der Waals surface area contributed by atoms with Gasteiger partial charge in [0.25, 0.3) is 0 Å². The SMILES string of the molecule is C=C1C=CSN(c2ccc(C3=NC(c4ccccc4)=CC(c4ccccc4)N3)cc2)c2ccc(-c3ccccc3)cc21. The van der Waals surface area contributed by atoms with Crippen LogP contribution in [0.4, 0.5) is 11.4 Å². The molecular formula is C38H29N3S. The Balaban J connectivity index is 1.22. The minimum Gasteiger partial charge on any atom is -0.359 e. The smallest absolute Gasteiger partial charge is 0.134 e. The van der Waals surface area contributed by atoms with Gasteiger partial charge in [-0.15, -0.1) is 0 Å². The summed E-state index contributed by atoms with van der Waals surface area (Å²) in [4.78, 5) is 5.06. The second-order valence-corrected chi connectivity index (χ2v) is 11.1. The number of hydrogen-bond donors (Lipinski definition) is 1. The molecule has 2 aliphatic heterocycles. The fraction of sp³-hybridized carbons (Fsp3) is 0.0263. The van der Waals surface area contributed by atoms with Crippen LogP contribution in [0, 0.1) is 0 Å². The van der Waals surface area contributed by atoms with Crippen LogP contribution in [0.5, 0.6) is 0 Å². The number of aliphatic imine (C=N–C) groups is 1. The maximum Gasteiger partial charge on any atom is 0.134 e. The highest BCUT2D eigenvalue weighted by molar-refractivity contribution is 8.03. The zero-order valence-corrected chi connectivity index (χ0v) is 23.8. The predicted molar refractivity (Wildman–Crippen MR) is 179 cm³/mol. The van der Waals surface area contributed by atoms with Crippen LogP contribution in [-0.2, 0) is 0 Å². The normalized spacial score (nSPS) is 16.1. The number of anilines is 2. The third-order valence-electron chi connectivity index (χ3n) is 7.56. The molecule has 0 radical (unpaired) electrons. The molecule has 4 heteroatoms. The third kappa shape index (κ3) is 5.20. The van der Waals surface area contributed by atoms with Crippen molar-refractivity contribution >= 4 is 40.4 Å². The van der Waals surface area contributed by atoms with Gasteiger partial charge in [0.1, 0.15) is 5.84 Å². The molecule has 5 aromatic rings. The van der Waals surface area contributed by atoms with Gasteiger partial charge in [0.2, 0.25) is 0 Å². The van der Waals surface area contributed by atoms with Gasteiger partial charge in [-0.1, -0.05) is 104 Å². The van der Waals surface area contributed by atoms with Crippen molar-refractivity contribution in [1.82, 2.24) is 5.32 Å². The molecule has 0 spiro atoms. The quantitative estimate of drug-likeness (QED) is 0.217. The number of hydrogen-bond acceptors (Lipinski definition) is 4. The second-order valence-electron chi connectivity index (χ2n) is 10.3. The molecule has 42 heavy (non-hydrogen) atoms. The van der Waals surface area contributed by atoms with Crippen molar-refractivity contribution in [3.63, 3.8) is 0 Å². The summed E-state index contributed by atoms with van der Waals surface area (Å²) in [5.74, 6) is 0.862. The van der Waals surface area contributed by atoms with Gasteiger partial charge in [0.05, 0.1) is 23.1 Å². The molecule has 2 aliphatic rings. The minimum atomic E-state index is 0.0246. The molecule has 1 atom stereocenters. The van der Waals surface area contributed by atoms with Crippen LogP contribution in [0.25, 0.3) is 22.4 Å². The van der Waals surface area contributed by atoms with E-state index in [1.807, 2.05) is 18.2 Å². The Hall–Kier alpha value is -5.06. The van der Waals surface area contributed by atoms with Gasteiger partial charge < -0.3 is 5.32 Å². The summed E-state index contributed by atoms with van der Waals surface area (Å²) >= 11 is 1.66. The van der Waals surface area contributed by atoms with E-state index in [0.29, 0.717) is 0 Å². The number of benzene rings is 5. The highest BCUT2D eigenvalue weighted by atomic mass is 32.2. The Morgan fingerprint density at radius 1 is 0.667 bits per heavy atom. The maximum atomic E-state index is 5.06. The van der Waals surface area contributed by atoms with Crippen LogP contribution < -0.4 is 9.62 Å². The van der Waals surface area contributed by atoms with Crippen LogP contribution in [0.15, 0.2) is 163 Å². The first-order valence-electron chi connectivity index (χ1n) is 14.0. The molecule has 0 fully saturated rings. The Kier molecular flexibility index (Phi) is 7.05. The first-order chi connectivity index (χ1) is 20.7. The van der Waals surface area contributed by atoms with Crippen molar-refractivity contribution in [3.05, 3.63) is 180 Å². The van der Waals surface area contributed by atoms with E-state index in [9.17, 15) is 0 Å². The van der Waals surface area contributed by atoms with Gasteiger partial charge in [0, 0.05) is 11.1 Å². The van der Waals surface area contributed by atoms with Gasteiger partial charge in [-0.2, -0.15) is 0 Å². The van der Waals surface area contributed by atoms with E-state index < -0.39 is 0 Å². The highest BCUT2D eigenvalue weighted by Gasteiger charge is 2.21. The van der Waals surface area contributed by atoms with Gasteiger partial charge in [-0.25, -0.2) is 4.99 Å². The number of nitrogens with one attached hydrogen (secondary N) is 1. The van der Waals surface area contributed by atoms with Crippen LogP contribution in [-0.4, -0.2) is 5.84 Å². The third-order valence-corrected chi connectivity index (χ3v) is 8.43. The number of amidine groups is 1. The standard InChI is InChI=1S/C38H29N3S/c1-27-23-24-42-41(37-22-19-32(25-34(27)37)28-11-5-2-6-12-28)33-20-17-31(18-21-33)38-39-35(29-13-7-3-8-14-29)26-36(40-38)30-15-9-4-10-16-30/h2-26,35H,1H2,(H,39,40). The summed E-state index contributed by atoms with van der Waals surface area (Å²) in [6, 6.07) is 46.7. The minimum absolute atomic E-state index is 0.0246. The lowest BCUT2D eigenvalue weighted by molar-refractivity contribution is 0.781. The van der Waals surface area contributed by atoms with Gasteiger partial charge in [-0.05, 0) is 93.7 Å². The number of rotatable bonds is 5. The fourth-order valence-corrected chi connectivity index (χ4v) is 6.21. The molecule has 3 nitrogen and oxygen atoms in total. The molecule has 0 aromatic heterocycles. The van der Waals surface area contributed by atoms with E-state index in [-0.39, 0.29) is 6.04 Å². The van der Waals surface area contributed by atoms with E-state index in [4.69, 9.17) is 4.99 Å². The Morgan fingerprint density at radius 3 is 2.02 bits per heavy atom. The Morgan fingerprint density at radius 2 is 1.31 bits per heavy atom. The Labute approximate surface area is 251 Å².